The van der Waals surface area contributed by atoms with Crippen molar-refractivity contribution in [3.05, 3.63) is 35.4 Å². The van der Waals surface area contributed by atoms with E-state index in [0.29, 0.717) is 12.8 Å². The van der Waals surface area contributed by atoms with Crippen LogP contribution in [0.25, 0.3) is 0 Å². The highest BCUT2D eigenvalue weighted by atomic mass is 19.1. The molecule has 0 aromatic heterocycles. The predicted octanol–water partition coefficient (Wildman–Crippen LogP) is 3.32. The van der Waals surface area contributed by atoms with Crippen molar-refractivity contribution in [2.24, 2.45) is 5.73 Å². The minimum atomic E-state index is -1.14. The molecule has 1 aromatic carbocycles. The van der Waals surface area contributed by atoms with Crippen LogP contribution in [0, 0.1) is 0 Å². The van der Waals surface area contributed by atoms with Gasteiger partial charge in [0.25, 0.3) is 0 Å². The fraction of sp³-hybridized carbons (Fsp3) is 0.571. The Labute approximate surface area is 96.9 Å². The molecule has 0 radical (unpaired) electrons. The smallest absolute Gasteiger partial charge is 0.136 e. The summed E-state index contributed by atoms with van der Waals surface area (Å²) in [7, 11) is 0. The van der Waals surface area contributed by atoms with Gasteiger partial charge in [-0.05, 0) is 43.2 Å². The molecule has 0 heterocycles. The van der Waals surface area contributed by atoms with E-state index in [1.54, 1.807) is 0 Å². The van der Waals surface area contributed by atoms with E-state index in [4.69, 9.17) is 5.73 Å². The highest BCUT2D eigenvalue weighted by molar-refractivity contribution is 5.27. The first-order valence-electron chi connectivity index (χ1n) is 6.18. The van der Waals surface area contributed by atoms with Gasteiger partial charge in [-0.25, -0.2) is 4.39 Å². The van der Waals surface area contributed by atoms with E-state index in [1.165, 1.54) is 5.56 Å². The molecule has 2 rings (SSSR count). The molecule has 0 amide bonds. The van der Waals surface area contributed by atoms with Gasteiger partial charge in [0, 0.05) is 6.04 Å². The number of halogens is 1. The van der Waals surface area contributed by atoms with Gasteiger partial charge in [0.05, 0.1) is 0 Å². The minimum Gasteiger partial charge on any atom is -0.328 e. The highest BCUT2D eigenvalue weighted by Crippen LogP contribution is 2.40. The lowest BCUT2D eigenvalue weighted by molar-refractivity contribution is 0.0979. The first kappa shape index (κ1) is 11.6. The maximum Gasteiger partial charge on any atom is 0.136 e. The maximum atomic E-state index is 14.7. The number of aryl methyl sites for hydroxylation is 1. The maximum absolute atomic E-state index is 14.7. The van der Waals surface area contributed by atoms with Gasteiger partial charge in [0.1, 0.15) is 5.67 Å². The van der Waals surface area contributed by atoms with Gasteiger partial charge in [-0.2, -0.15) is 0 Å². The van der Waals surface area contributed by atoms with E-state index in [2.05, 4.69) is 6.92 Å². The molecule has 1 saturated carbocycles. The lowest BCUT2D eigenvalue weighted by atomic mass is 9.79. The Hall–Kier alpha value is -0.890. The fourth-order valence-electron chi connectivity index (χ4n) is 2.43. The molecular formula is C14H20FN. The van der Waals surface area contributed by atoms with E-state index < -0.39 is 5.67 Å². The molecule has 0 bridgehead atoms. The second-order valence-corrected chi connectivity index (χ2v) is 4.85. The second kappa shape index (κ2) is 4.54. The van der Waals surface area contributed by atoms with Crippen molar-refractivity contribution in [3.8, 4) is 0 Å². The zero-order chi connectivity index (χ0) is 11.6. The molecule has 0 atom stereocenters. The number of nitrogens with two attached hydrogens (primary N) is 1. The largest absolute Gasteiger partial charge is 0.328 e. The van der Waals surface area contributed by atoms with Gasteiger partial charge >= 0.3 is 0 Å². The number of alkyl halides is 1. The summed E-state index contributed by atoms with van der Waals surface area (Å²) >= 11 is 0. The molecule has 16 heavy (non-hydrogen) atoms. The lowest BCUT2D eigenvalue weighted by Crippen LogP contribution is -2.33. The van der Waals surface area contributed by atoms with Crippen molar-refractivity contribution >= 4 is 0 Å². The summed E-state index contributed by atoms with van der Waals surface area (Å²) in [5, 5.41) is 0. The van der Waals surface area contributed by atoms with Crippen LogP contribution in [0.15, 0.2) is 24.3 Å². The first-order chi connectivity index (χ1) is 7.64. The van der Waals surface area contributed by atoms with Crippen LogP contribution in [-0.4, -0.2) is 6.04 Å². The molecule has 1 fully saturated rings. The number of hydrogen-bond donors (Lipinski definition) is 1. The van der Waals surface area contributed by atoms with E-state index in [0.717, 1.165) is 24.8 Å². The molecule has 1 aromatic rings. The Morgan fingerprint density at radius 3 is 2.31 bits per heavy atom. The van der Waals surface area contributed by atoms with Gasteiger partial charge in [-0.15, -0.1) is 0 Å². The summed E-state index contributed by atoms with van der Waals surface area (Å²) in [6, 6.07) is 8.14. The zero-order valence-electron chi connectivity index (χ0n) is 9.88. The van der Waals surface area contributed by atoms with E-state index in [1.807, 2.05) is 24.3 Å². The molecule has 0 spiro atoms. The Balaban J connectivity index is 2.16. The van der Waals surface area contributed by atoms with E-state index >= 15 is 0 Å². The summed E-state index contributed by atoms with van der Waals surface area (Å²) in [5.41, 5.74) is 6.77. The third-order valence-corrected chi connectivity index (χ3v) is 3.70. The summed E-state index contributed by atoms with van der Waals surface area (Å²) in [6.45, 7) is 2.11. The molecule has 0 aliphatic heterocycles. The van der Waals surface area contributed by atoms with Crippen molar-refractivity contribution < 1.29 is 4.39 Å². The number of benzene rings is 1. The Bertz CT molecular complexity index is 336. The Kier molecular flexibility index (Phi) is 3.29. The van der Waals surface area contributed by atoms with Crippen molar-refractivity contribution in [1.29, 1.82) is 0 Å². The first-order valence-corrected chi connectivity index (χ1v) is 6.18. The van der Waals surface area contributed by atoms with Gasteiger partial charge in [-0.3, -0.25) is 0 Å². The normalized spacial score (nSPS) is 30.3. The topological polar surface area (TPSA) is 26.0 Å². The second-order valence-electron chi connectivity index (χ2n) is 4.85. The van der Waals surface area contributed by atoms with Gasteiger partial charge in [-0.1, -0.05) is 31.2 Å². The molecule has 2 heteroatoms. The van der Waals surface area contributed by atoms with E-state index in [-0.39, 0.29) is 6.04 Å². The average Bonchev–Trinajstić information content (AvgIpc) is 2.33. The van der Waals surface area contributed by atoms with Gasteiger partial charge in [0.15, 0.2) is 0 Å². The zero-order valence-corrected chi connectivity index (χ0v) is 9.88. The SMILES string of the molecule is CCc1ccc(C2(F)CCC(N)CC2)cc1. The number of rotatable bonds is 2. The average molecular weight is 221 g/mol. The van der Waals surface area contributed by atoms with Crippen molar-refractivity contribution in [2.75, 3.05) is 0 Å². The molecule has 0 unspecified atom stereocenters. The molecule has 1 nitrogen and oxygen atoms in total. The standard InChI is InChI=1S/C14H20FN/c1-2-11-3-5-12(6-4-11)14(15)9-7-13(16)8-10-14/h3-6,13H,2,7-10,16H2,1H3. The van der Waals surface area contributed by atoms with Crippen LogP contribution in [-0.2, 0) is 12.1 Å². The third kappa shape index (κ3) is 2.27. The molecule has 0 saturated heterocycles. The monoisotopic (exact) mass is 221 g/mol. The molecule has 1 aliphatic carbocycles. The Morgan fingerprint density at radius 1 is 1.25 bits per heavy atom. The summed E-state index contributed by atoms with van der Waals surface area (Å²) < 4.78 is 14.7. The summed E-state index contributed by atoms with van der Waals surface area (Å²) in [6.07, 6.45) is 3.74. The van der Waals surface area contributed by atoms with Crippen LogP contribution < -0.4 is 5.73 Å². The van der Waals surface area contributed by atoms with Crippen LogP contribution in [0.2, 0.25) is 0 Å². The third-order valence-electron chi connectivity index (χ3n) is 3.70. The van der Waals surface area contributed by atoms with Crippen molar-refractivity contribution in [3.63, 3.8) is 0 Å². The van der Waals surface area contributed by atoms with Crippen LogP contribution in [0.5, 0.6) is 0 Å². The van der Waals surface area contributed by atoms with Crippen LogP contribution in [0.4, 0.5) is 4.39 Å². The molecule has 1 aliphatic rings. The minimum absolute atomic E-state index is 0.193. The molecular weight excluding hydrogens is 201 g/mol. The summed E-state index contributed by atoms with van der Waals surface area (Å²) in [4.78, 5) is 0. The lowest BCUT2D eigenvalue weighted by Gasteiger charge is -2.32. The summed E-state index contributed by atoms with van der Waals surface area (Å²) in [5.74, 6) is 0. The van der Waals surface area contributed by atoms with Crippen LogP contribution in [0.1, 0.15) is 43.7 Å². The number of hydrogen-bond acceptors (Lipinski definition) is 1. The van der Waals surface area contributed by atoms with Crippen molar-refractivity contribution in [1.82, 2.24) is 0 Å². The quantitative estimate of drug-likeness (QED) is 0.814. The van der Waals surface area contributed by atoms with Gasteiger partial charge < -0.3 is 5.73 Å². The van der Waals surface area contributed by atoms with E-state index in [9.17, 15) is 4.39 Å². The van der Waals surface area contributed by atoms with Crippen LogP contribution in [0.3, 0.4) is 0 Å². The predicted molar refractivity (Wildman–Crippen MR) is 65.0 cm³/mol. The fourth-order valence-corrected chi connectivity index (χ4v) is 2.43. The van der Waals surface area contributed by atoms with Crippen LogP contribution >= 0.6 is 0 Å². The highest BCUT2D eigenvalue weighted by Gasteiger charge is 2.35. The van der Waals surface area contributed by atoms with Gasteiger partial charge in [0.2, 0.25) is 0 Å². The Morgan fingerprint density at radius 2 is 1.81 bits per heavy atom. The molecule has 88 valence electrons. The molecule has 2 N–H and O–H groups in total. The van der Waals surface area contributed by atoms with Crippen molar-refractivity contribution in [2.45, 2.75) is 50.7 Å².